The van der Waals surface area contributed by atoms with Gasteiger partial charge in [0.15, 0.2) is 6.61 Å². The van der Waals surface area contributed by atoms with Gasteiger partial charge in [0, 0.05) is 12.1 Å². The average Bonchev–Trinajstić information content (AvgIpc) is 2.55. The number of halogens is 1. The number of hydrogen-bond donors (Lipinski definition) is 1. The Morgan fingerprint density at radius 2 is 2.13 bits per heavy atom. The number of rotatable bonds is 5. The Hall–Kier alpha value is -3.47. The van der Waals surface area contributed by atoms with Crippen LogP contribution in [0.25, 0.3) is 0 Å². The summed E-state index contributed by atoms with van der Waals surface area (Å²) in [6, 6.07) is 10.9. The van der Waals surface area contributed by atoms with Crippen LogP contribution in [0.4, 0.5) is 15.8 Å². The Morgan fingerprint density at radius 1 is 1.35 bits per heavy atom. The Morgan fingerprint density at radius 3 is 2.83 bits per heavy atom. The maximum absolute atomic E-state index is 13.5. The number of carbonyl (C=O) groups is 1. The van der Waals surface area contributed by atoms with E-state index in [9.17, 15) is 19.3 Å². The van der Waals surface area contributed by atoms with E-state index in [1.54, 1.807) is 18.2 Å². The van der Waals surface area contributed by atoms with Crippen LogP contribution in [0.3, 0.4) is 0 Å². The number of benzene rings is 2. The van der Waals surface area contributed by atoms with Gasteiger partial charge in [-0.25, -0.2) is 4.39 Å². The molecule has 0 unspecified atom stereocenters. The van der Waals surface area contributed by atoms with Crippen LogP contribution in [0.15, 0.2) is 42.5 Å². The molecule has 2 aromatic rings. The molecule has 0 bridgehead atoms. The van der Waals surface area contributed by atoms with Gasteiger partial charge in [0.05, 0.1) is 22.2 Å². The van der Waals surface area contributed by atoms with Crippen molar-refractivity contribution in [3.63, 3.8) is 0 Å². The van der Waals surface area contributed by atoms with E-state index in [1.165, 1.54) is 6.07 Å². The molecular formula is C15H10FN3O4. The van der Waals surface area contributed by atoms with Crippen molar-refractivity contribution in [3.8, 4) is 11.8 Å². The molecule has 0 fully saturated rings. The largest absolute Gasteiger partial charge is 0.484 e. The molecule has 0 radical (unpaired) electrons. The number of nitrogens with one attached hydrogen (secondary N) is 1. The van der Waals surface area contributed by atoms with Gasteiger partial charge in [-0.15, -0.1) is 0 Å². The first-order valence-electron chi connectivity index (χ1n) is 6.36. The molecule has 2 rings (SSSR count). The molecule has 0 aromatic heterocycles. The molecule has 7 nitrogen and oxygen atoms in total. The first kappa shape index (κ1) is 15.9. The number of ether oxygens (including phenoxy) is 1. The van der Waals surface area contributed by atoms with E-state index in [2.05, 4.69) is 5.32 Å². The summed E-state index contributed by atoms with van der Waals surface area (Å²) >= 11 is 0. The van der Waals surface area contributed by atoms with E-state index < -0.39 is 23.3 Å². The summed E-state index contributed by atoms with van der Waals surface area (Å²) < 4.78 is 18.7. The fourth-order valence-corrected chi connectivity index (χ4v) is 1.71. The number of nitriles is 1. The second-order valence-electron chi connectivity index (χ2n) is 4.40. The predicted molar refractivity (Wildman–Crippen MR) is 78.3 cm³/mol. The molecule has 0 saturated carbocycles. The van der Waals surface area contributed by atoms with Crippen molar-refractivity contribution >= 4 is 17.3 Å². The molecule has 1 N–H and O–H groups in total. The quantitative estimate of drug-likeness (QED) is 0.674. The second-order valence-corrected chi connectivity index (χ2v) is 4.40. The summed E-state index contributed by atoms with van der Waals surface area (Å²) in [5.74, 6) is -1.18. The lowest BCUT2D eigenvalue weighted by molar-refractivity contribution is -0.384. The second kappa shape index (κ2) is 7.00. The lowest BCUT2D eigenvalue weighted by atomic mass is 10.2. The SMILES string of the molecule is N#Cc1cccc(OCC(=O)Nc2cc([N+](=O)[O-])ccc2F)c1. The number of carbonyl (C=O) groups excluding carboxylic acids is 1. The highest BCUT2D eigenvalue weighted by Crippen LogP contribution is 2.21. The van der Waals surface area contributed by atoms with E-state index in [0.29, 0.717) is 11.3 Å². The molecule has 0 aliphatic heterocycles. The minimum absolute atomic E-state index is 0.304. The van der Waals surface area contributed by atoms with Crippen LogP contribution < -0.4 is 10.1 Å². The Kier molecular flexibility index (Phi) is 4.84. The monoisotopic (exact) mass is 315 g/mol. The fraction of sp³-hybridized carbons (Fsp3) is 0.0667. The van der Waals surface area contributed by atoms with E-state index in [0.717, 1.165) is 18.2 Å². The number of amides is 1. The third-order valence-electron chi connectivity index (χ3n) is 2.77. The minimum atomic E-state index is -0.796. The number of nitrogens with zero attached hydrogens (tertiary/aromatic N) is 2. The van der Waals surface area contributed by atoms with Crippen molar-refractivity contribution in [2.45, 2.75) is 0 Å². The zero-order valence-corrected chi connectivity index (χ0v) is 11.7. The fourth-order valence-electron chi connectivity index (χ4n) is 1.71. The van der Waals surface area contributed by atoms with Crippen molar-refractivity contribution in [1.82, 2.24) is 0 Å². The van der Waals surface area contributed by atoms with Crippen LogP contribution in [0.5, 0.6) is 5.75 Å². The molecule has 0 aliphatic carbocycles. The van der Waals surface area contributed by atoms with Crippen LogP contribution in [-0.4, -0.2) is 17.4 Å². The summed E-state index contributed by atoms with van der Waals surface area (Å²) in [6.45, 7) is -0.434. The first-order chi connectivity index (χ1) is 11.0. The van der Waals surface area contributed by atoms with E-state index >= 15 is 0 Å². The van der Waals surface area contributed by atoms with Gasteiger partial charge in [-0.2, -0.15) is 5.26 Å². The molecule has 0 atom stereocenters. The maximum atomic E-state index is 13.5. The summed E-state index contributed by atoms with van der Waals surface area (Å²) in [5.41, 5.74) is -0.282. The van der Waals surface area contributed by atoms with Gasteiger partial charge in [-0.05, 0) is 24.3 Å². The number of hydrogen-bond acceptors (Lipinski definition) is 5. The van der Waals surface area contributed by atoms with Gasteiger partial charge < -0.3 is 10.1 Å². The number of non-ortho nitro benzene ring substituents is 1. The van der Waals surface area contributed by atoms with Crippen LogP contribution in [0.1, 0.15) is 5.56 Å². The molecule has 116 valence electrons. The van der Waals surface area contributed by atoms with E-state index in [-0.39, 0.29) is 11.4 Å². The van der Waals surface area contributed by atoms with E-state index in [4.69, 9.17) is 10.00 Å². The van der Waals surface area contributed by atoms with Crippen molar-refractivity contribution in [1.29, 1.82) is 5.26 Å². The van der Waals surface area contributed by atoms with Gasteiger partial charge in [0.25, 0.3) is 11.6 Å². The third kappa shape index (κ3) is 4.25. The van der Waals surface area contributed by atoms with Crippen molar-refractivity contribution < 1.29 is 18.8 Å². The van der Waals surface area contributed by atoms with Crippen molar-refractivity contribution in [3.05, 3.63) is 64.0 Å². The van der Waals surface area contributed by atoms with Crippen LogP contribution >= 0.6 is 0 Å². The Balaban J connectivity index is 2.01. The maximum Gasteiger partial charge on any atom is 0.271 e. The highest BCUT2D eigenvalue weighted by Gasteiger charge is 2.13. The highest BCUT2D eigenvalue weighted by atomic mass is 19.1. The smallest absolute Gasteiger partial charge is 0.271 e. The van der Waals surface area contributed by atoms with Gasteiger partial charge in [-0.3, -0.25) is 14.9 Å². The molecular weight excluding hydrogens is 305 g/mol. The Bertz CT molecular complexity index is 802. The number of anilines is 1. The summed E-state index contributed by atoms with van der Waals surface area (Å²) in [7, 11) is 0. The lowest BCUT2D eigenvalue weighted by Crippen LogP contribution is -2.20. The normalized spacial score (nSPS) is 9.74. The highest BCUT2D eigenvalue weighted by molar-refractivity contribution is 5.92. The average molecular weight is 315 g/mol. The zero-order valence-electron chi connectivity index (χ0n) is 11.7. The lowest BCUT2D eigenvalue weighted by Gasteiger charge is -2.08. The van der Waals surface area contributed by atoms with Crippen molar-refractivity contribution in [2.24, 2.45) is 0 Å². The molecule has 23 heavy (non-hydrogen) atoms. The molecule has 2 aromatic carbocycles. The van der Waals surface area contributed by atoms with Gasteiger partial charge in [0.2, 0.25) is 0 Å². The standard InChI is InChI=1S/C15H10FN3O4/c16-13-5-4-11(19(21)22)7-14(13)18-15(20)9-23-12-3-1-2-10(6-12)8-17/h1-7H,9H2,(H,18,20). The van der Waals surface area contributed by atoms with E-state index in [1.807, 2.05) is 6.07 Å². The first-order valence-corrected chi connectivity index (χ1v) is 6.36. The van der Waals surface area contributed by atoms with Crippen LogP contribution in [0, 0.1) is 27.3 Å². The third-order valence-corrected chi connectivity index (χ3v) is 2.77. The molecule has 8 heteroatoms. The molecule has 0 heterocycles. The van der Waals surface area contributed by atoms with Crippen LogP contribution in [0.2, 0.25) is 0 Å². The summed E-state index contributed by atoms with van der Waals surface area (Å²) in [5, 5.41) is 21.6. The zero-order chi connectivity index (χ0) is 16.8. The topological polar surface area (TPSA) is 105 Å². The van der Waals surface area contributed by atoms with Crippen LogP contribution in [-0.2, 0) is 4.79 Å². The number of nitro benzene ring substituents is 1. The van der Waals surface area contributed by atoms with Gasteiger partial charge >= 0.3 is 0 Å². The van der Waals surface area contributed by atoms with Gasteiger partial charge in [-0.1, -0.05) is 6.07 Å². The molecule has 0 spiro atoms. The predicted octanol–water partition coefficient (Wildman–Crippen LogP) is 2.62. The molecule has 1 amide bonds. The molecule has 0 aliphatic rings. The summed E-state index contributed by atoms with van der Waals surface area (Å²) in [4.78, 5) is 21.7. The van der Waals surface area contributed by atoms with Gasteiger partial charge in [0.1, 0.15) is 11.6 Å². The summed E-state index contributed by atoms with van der Waals surface area (Å²) in [6.07, 6.45) is 0. The minimum Gasteiger partial charge on any atom is -0.484 e. The molecule has 0 saturated heterocycles. The van der Waals surface area contributed by atoms with Crippen molar-refractivity contribution in [2.75, 3.05) is 11.9 Å². The number of nitro groups is 1. The Labute approximate surface area is 130 Å².